The van der Waals surface area contributed by atoms with Crippen molar-refractivity contribution in [1.82, 2.24) is 10.2 Å². The Kier molecular flexibility index (Phi) is 10.3. The zero-order chi connectivity index (χ0) is 27.6. The lowest BCUT2D eigenvalue weighted by atomic mass is 9.89. The van der Waals surface area contributed by atoms with Crippen LogP contribution in [0.15, 0.2) is 61.2 Å². The van der Waals surface area contributed by atoms with E-state index in [1.807, 2.05) is 0 Å². The molecule has 0 saturated carbocycles. The topological polar surface area (TPSA) is 148 Å². The summed E-state index contributed by atoms with van der Waals surface area (Å²) in [5.41, 5.74) is -1.51. The van der Waals surface area contributed by atoms with Crippen molar-refractivity contribution >= 4 is 23.5 Å². The summed E-state index contributed by atoms with van der Waals surface area (Å²) in [5, 5.41) is 24.4. The van der Waals surface area contributed by atoms with E-state index in [4.69, 9.17) is 9.47 Å². The number of carbonyl (C=O) groups is 3. The molecule has 11 nitrogen and oxygen atoms in total. The number of aromatic hydroxyl groups is 1. The smallest absolute Gasteiger partial charge is 0.336 e. The highest BCUT2D eigenvalue weighted by Gasteiger charge is 2.52. The predicted octanol–water partition coefficient (Wildman–Crippen LogP) is 2.86. The zero-order valence-electron chi connectivity index (χ0n) is 21.0. The number of nitro benzene ring substituents is 1. The molecule has 1 amide bonds. The van der Waals surface area contributed by atoms with Crippen LogP contribution < -0.4 is 5.32 Å². The van der Waals surface area contributed by atoms with Crippen LogP contribution in [-0.4, -0.2) is 58.1 Å². The van der Waals surface area contributed by atoms with E-state index >= 15 is 0 Å². The highest BCUT2D eigenvalue weighted by Crippen LogP contribution is 2.32. The second-order valence-corrected chi connectivity index (χ2v) is 8.20. The Morgan fingerprint density at radius 1 is 1.22 bits per heavy atom. The van der Waals surface area contributed by atoms with Gasteiger partial charge in [-0.05, 0) is 25.5 Å². The molecule has 2 rings (SSSR count). The number of phenols is 1. The molecule has 198 valence electrons. The van der Waals surface area contributed by atoms with Gasteiger partial charge in [-0.1, -0.05) is 36.4 Å². The van der Waals surface area contributed by atoms with Gasteiger partial charge < -0.3 is 19.9 Å². The van der Waals surface area contributed by atoms with Gasteiger partial charge in [0.05, 0.1) is 18.6 Å². The second kappa shape index (κ2) is 13.2. The van der Waals surface area contributed by atoms with Crippen LogP contribution in [0, 0.1) is 10.1 Å². The Labute approximate surface area is 214 Å². The molecule has 0 spiro atoms. The number of benzene rings is 2. The lowest BCUT2D eigenvalue weighted by Crippen LogP contribution is -2.65. The van der Waals surface area contributed by atoms with Gasteiger partial charge in [-0.2, -0.15) is 0 Å². The monoisotopic (exact) mass is 513 g/mol. The summed E-state index contributed by atoms with van der Waals surface area (Å²) in [4.78, 5) is 51.6. The molecule has 0 unspecified atom stereocenters. The molecule has 2 aromatic rings. The van der Waals surface area contributed by atoms with E-state index in [0.29, 0.717) is 5.56 Å². The minimum absolute atomic E-state index is 0.00957. The van der Waals surface area contributed by atoms with Gasteiger partial charge in [-0.15, -0.1) is 6.58 Å². The summed E-state index contributed by atoms with van der Waals surface area (Å²) < 4.78 is 10.0. The molecular weight excluding hydrogens is 482 g/mol. The quantitative estimate of drug-likeness (QED) is 0.136. The number of nitrogens with one attached hydrogen (secondary N) is 1. The molecule has 0 fully saturated rings. The normalized spacial score (nSPS) is 13.2. The van der Waals surface area contributed by atoms with Crippen molar-refractivity contribution in [2.45, 2.75) is 44.9 Å². The fourth-order valence-electron chi connectivity index (χ4n) is 3.83. The summed E-state index contributed by atoms with van der Waals surface area (Å²) in [5.74, 6) is -2.76. The van der Waals surface area contributed by atoms with Crippen molar-refractivity contribution in [1.29, 1.82) is 0 Å². The summed E-state index contributed by atoms with van der Waals surface area (Å²) in [6, 6.07) is 11.3. The molecule has 2 N–H and O–H groups in total. The number of non-ortho nitro benzene ring substituents is 1. The van der Waals surface area contributed by atoms with E-state index in [1.54, 1.807) is 37.3 Å². The number of nitro groups is 1. The molecule has 0 aliphatic rings. The number of methoxy groups -OCH3 is 1. The van der Waals surface area contributed by atoms with E-state index < -0.39 is 34.3 Å². The Morgan fingerprint density at radius 3 is 2.46 bits per heavy atom. The Hall–Kier alpha value is -4.25. The van der Waals surface area contributed by atoms with Crippen LogP contribution >= 0.6 is 0 Å². The van der Waals surface area contributed by atoms with Gasteiger partial charge in [0.1, 0.15) is 11.8 Å². The van der Waals surface area contributed by atoms with Crippen molar-refractivity contribution < 1.29 is 33.9 Å². The summed E-state index contributed by atoms with van der Waals surface area (Å²) in [6.45, 7) is 6.41. The standard InChI is InChI=1S/C26H31N3O8/c1-5-14-26(25(33)37-6-2,24(32)27-18(3)23(31)36-4)28(16-19-10-8-7-9-11-19)17-20-15-21(29(34)35)12-13-22(20)30/h5,7-13,15,18,30H,1,6,14,16-17H2,2-4H3,(H,27,32)/t18-,26-/m0/s1. The molecule has 2 atom stereocenters. The van der Waals surface area contributed by atoms with Crippen molar-refractivity contribution in [3.05, 3.63) is 82.4 Å². The summed E-state index contributed by atoms with van der Waals surface area (Å²) >= 11 is 0. The maximum atomic E-state index is 13.8. The van der Waals surface area contributed by atoms with Gasteiger partial charge in [0.25, 0.3) is 11.6 Å². The van der Waals surface area contributed by atoms with Crippen LogP contribution in [-0.2, 0) is 36.9 Å². The number of ether oxygens (including phenoxy) is 2. The van der Waals surface area contributed by atoms with Crippen molar-refractivity contribution in [2.24, 2.45) is 0 Å². The Morgan fingerprint density at radius 2 is 1.89 bits per heavy atom. The van der Waals surface area contributed by atoms with Crippen LogP contribution in [0.1, 0.15) is 31.4 Å². The third kappa shape index (κ3) is 6.91. The van der Waals surface area contributed by atoms with Gasteiger partial charge in [-0.3, -0.25) is 19.8 Å². The number of nitrogens with zero attached hydrogens (tertiary/aromatic N) is 2. The number of rotatable bonds is 13. The first-order valence-electron chi connectivity index (χ1n) is 11.5. The van der Waals surface area contributed by atoms with E-state index in [2.05, 4.69) is 11.9 Å². The molecule has 37 heavy (non-hydrogen) atoms. The molecular formula is C26H31N3O8. The van der Waals surface area contributed by atoms with Crippen LogP contribution in [0.4, 0.5) is 5.69 Å². The van der Waals surface area contributed by atoms with Crippen LogP contribution in [0.3, 0.4) is 0 Å². The van der Waals surface area contributed by atoms with Crippen molar-refractivity contribution in [2.75, 3.05) is 13.7 Å². The Balaban J connectivity index is 2.72. The summed E-state index contributed by atoms with van der Waals surface area (Å²) in [6.07, 6.45) is 1.14. The third-order valence-electron chi connectivity index (χ3n) is 5.72. The second-order valence-electron chi connectivity index (χ2n) is 8.20. The van der Waals surface area contributed by atoms with Gasteiger partial charge in [0, 0.05) is 37.2 Å². The molecule has 0 aliphatic heterocycles. The summed E-state index contributed by atoms with van der Waals surface area (Å²) in [7, 11) is 1.17. The lowest BCUT2D eigenvalue weighted by molar-refractivity contribution is -0.385. The number of hydrogen-bond donors (Lipinski definition) is 2. The fourth-order valence-corrected chi connectivity index (χ4v) is 3.83. The first-order valence-corrected chi connectivity index (χ1v) is 11.5. The van der Waals surface area contributed by atoms with Crippen LogP contribution in [0.25, 0.3) is 0 Å². The molecule has 0 saturated heterocycles. The minimum atomic E-state index is -2.05. The van der Waals surface area contributed by atoms with Gasteiger partial charge in [0.15, 0.2) is 0 Å². The molecule has 0 aliphatic carbocycles. The van der Waals surface area contributed by atoms with E-state index in [-0.39, 0.29) is 43.1 Å². The zero-order valence-corrected chi connectivity index (χ0v) is 21.0. The van der Waals surface area contributed by atoms with Crippen LogP contribution in [0.2, 0.25) is 0 Å². The highest BCUT2D eigenvalue weighted by molar-refractivity contribution is 6.08. The largest absolute Gasteiger partial charge is 0.508 e. The molecule has 0 radical (unpaired) electrons. The maximum Gasteiger partial charge on any atom is 0.336 e. The number of carbonyl (C=O) groups excluding carboxylic acids is 3. The minimum Gasteiger partial charge on any atom is -0.508 e. The van der Waals surface area contributed by atoms with Crippen LogP contribution in [0.5, 0.6) is 5.75 Å². The number of amides is 1. The molecule has 2 aromatic carbocycles. The van der Waals surface area contributed by atoms with Gasteiger partial charge >= 0.3 is 11.9 Å². The van der Waals surface area contributed by atoms with Gasteiger partial charge in [0.2, 0.25) is 5.54 Å². The first kappa shape index (κ1) is 29.0. The van der Waals surface area contributed by atoms with Crippen molar-refractivity contribution in [3.8, 4) is 5.75 Å². The maximum absolute atomic E-state index is 13.8. The molecule has 0 aromatic heterocycles. The lowest BCUT2D eigenvalue weighted by Gasteiger charge is -2.40. The average molecular weight is 514 g/mol. The molecule has 0 bridgehead atoms. The Bertz CT molecular complexity index is 1140. The molecule has 0 heterocycles. The highest BCUT2D eigenvalue weighted by atomic mass is 16.6. The molecule has 11 heteroatoms. The van der Waals surface area contributed by atoms with Crippen molar-refractivity contribution in [3.63, 3.8) is 0 Å². The van der Waals surface area contributed by atoms with E-state index in [9.17, 15) is 29.6 Å². The third-order valence-corrected chi connectivity index (χ3v) is 5.72. The van der Waals surface area contributed by atoms with Gasteiger partial charge in [-0.25, -0.2) is 9.59 Å². The number of esters is 2. The van der Waals surface area contributed by atoms with E-state index in [0.717, 1.165) is 6.07 Å². The first-order chi connectivity index (χ1) is 17.6. The van der Waals surface area contributed by atoms with E-state index in [1.165, 1.54) is 37.1 Å². The number of hydrogen-bond acceptors (Lipinski definition) is 9. The SMILES string of the molecule is C=CC[C@](C(=O)N[C@@H](C)C(=O)OC)(C(=O)OCC)N(Cc1ccccc1)Cc1cc([N+](=O)[O-])ccc1O. The fraction of sp³-hybridized carbons (Fsp3) is 0.346. The predicted molar refractivity (Wildman–Crippen MR) is 134 cm³/mol. The average Bonchev–Trinajstić information content (AvgIpc) is 2.88. The number of phenolic OH excluding ortho intramolecular Hbond substituents is 1.